The van der Waals surface area contributed by atoms with Gasteiger partial charge in [-0.3, -0.25) is 9.78 Å². The molecule has 1 aromatic rings. The molecule has 1 heterocycles. The molecule has 0 aliphatic carbocycles. The van der Waals surface area contributed by atoms with Gasteiger partial charge in [-0.2, -0.15) is 0 Å². The second-order valence-corrected chi connectivity index (χ2v) is 3.38. The molecule has 0 atom stereocenters. The molecule has 94 valence electrons. The Balaban J connectivity index is 3.25. The second kappa shape index (κ2) is 5.56. The van der Waals surface area contributed by atoms with Gasteiger partial charge in [0.05, 0.1) is 31.9 Å². The minimum absolute atomic E-state index is 0.0105. The van der Waals surface area contributed by atoms with Crippen LogP contribution in [0.2, 0.25) is 0 Å². The number of rotatable bonds is 4. The van der Waals surface area contributed by atoms with E-state index in [2.05, 4.69) is 9.72 Å². The van der Waals surface area contributed by atoms with Crippen LogP contribution in [0.5, 0.6) is 5.75 Å². The molecule has 0 saturated heterocycles. The molecule has 0 aliphatic rings. The van der Waals surface area contributed by atoms with Crippen LogP contribution < -0.4 is 4.74 Å². The van der Waals surface area contributed by atoms with Crippen molar-refractivity contribution in [2.75, 3.05) is 14.2 Å². The number of alkyl halides is 2. The first-order valence-corrected chi connectivity index (χ1v) is 4.89. The van der Waals surface area contributed by atoms with E-state index in [1.165, 1.54) is 20.3 Å². The summed E-state index contributed by atoms with van der Waals surface area (Å²) in [6.45, 7) is 1.64. The first-order valence-electron chi connectivity index (χ1n) is 4.89. The lowest BCUT2D eigenvalue weighted by Gasteiger charge is -2.13. The van der Waals surface area contributed by atoms with Gasteiger partial charge >= 0.3 is 5.97 Å². The number of aromatic nitrogens is 1. The molecular formula is C11H13F2NO3. The average Bonchev–Trinajstić information content (AvgIpc) is 2.27. The Hall–Kier alpha value is -1.72. The normalized spacial score (nSPS) is 10.5. The number of halogens is 2. The smallest absolute Gasteiger partial charge is 0.311 e. The van der Waals surface area contributed by atoms with E-state index < -0.39 is 12.4 Å². The molecule has 0 saturated carbocycles. The number of carbonyl (C=O) groups is 1. The van der Waals surface area contributed by atoms with Crippen molar-refractivity contribution in [3.63, 3.8) is 0 Å². The molecular weight excluding hydrogens is 232 g/mol. The number of carbonyl (C=O) groups excluding carboxylic acids is 1. The van der Waals surface area contributed by atoms with Crippen LogP contribution in [0.25, 0.3) is 0 Å². The molecule has 1 rings (SSSR count). The number of nitrogens with zero attached hydrogens (tertiary/aromatic N) is 1. The maximum atomic E-state index is 12.9. The zero-order valence-electron chi connectivity index (χ0n) is 9.79. The molecule has 0 unspecified atom stereocenters. The Kier molecular flexibility index (Phi) is 4.37. The van der Waals surface area contributed by atoms with E-state index in [4.69, 9.17) is 4.74 Å². The highest BCUT2D eigenvalue weighted by molar-refractivity contribution is 5.72. The number of aryl methyl sites for hydroxylation is 1. The average molecular weight is 245 g/mol. The number of ether oxygens (including phenoxy) is 2. The van der Waals surface area contributed by atoms with Crippen molar-refractivity contribution in [2.24, 2.45) is 0 Å². The highest BCUT2D eigenvalue weighted by Crippen LogP contribution is 2.32. The number of pyridine rings is 1. The Morgan fingerprint density at radius 1 is 1.47 bits per heavy atom. The van der Waals surface area contributed by atoms with Gasteiger partial charge < -0.3 is 9.47 Å². The topological polar surface area (TPSA) is 48.4 Å². The fraction of sp³-hybridized carbons (Fsp3) is 0.455. The van der Waals surface area contributed by atoms with Gasteiger partial charge in [-0.1, -0.05) is 0 Å². The molecule has 1 aromatic heterocycles. The van der Waals surface area contributed by atoms with E-state index in [-0.39, 0.29) is 23.4 Å². The molecule has 0 fully saturated rings. The zero-order chi connectivity index (χ0) is 13.0. The molecule has 4 nitrogen and oxygen atoms in total. The van der Waals surface area contributed by atoms with Crippen molar-refractivity contribution in [3.05, 3.63) is 23.0 Å². The molecule has 0 aromatic carbocycles. The van der Waals surface area contributed by atoms with Crippen molar-refractivity contribution < 1.29 is 23.0 Å². The minimum atomic E-state index is -2.75. The van der Waals surface area contributed by atoms with Gasteiger partial charge in [0.1, 0.15) is 5.75 Å². The third kappa shape index (κ3) is 3.12. The number of esters is 1. The van der Waals surface area contributed by atoms with Crippen LogP contribution in [0, 0.1) is 6.92 Å². The quantitative estimate of drug-likeness (QED) is 0.762. The Labute approximate surface area is 97.6 Å². The predicted octanol–water partition coefficient (Wildman–Crippen LogP) is 2.05. The van der Waals surface area contributed by atoms with Gasteiger partial charge in [0.15, 0.2) is 0 Å². The number of methoxy groups -OCH3 is 2. The molecule has 0 bridgehead atoms. The summed E-state index contributed by atoms with van der Waals surface area (Å²) in [4.78, 5) is 15.0. The first kappa shape index (κ1) is 13.3. The van der Waals surface area contributed by atoms with E-state index in [0.29, 0.717) is 5.69 Å². The molecule has 17 heavy (non-hydrogen) atoms. The lowest BCUT2D eigenvalue weighted by atomic mass is 10.1. The fourth-order valence-electron chi connectivity index (χ4n) is 1.46. The highest BCUT2D eigenvalue weighted by atomic mass is 19.3. The second-order valence-electron chi connectivity index (χ2n) is 3.38. The third-order valence-corrected chi connectivity index (χ3v) is 2.21. The van der Waals surface area contributed by atoms with Crippen LogP contribution in [-0.4, -0.2) is 25.2 Å². The largest absolute Gasteiger partial charge is 0.496 e. The number of hydrogen-bond donors (Lipinski definition) is 0. The van der Waals surface area contributed by atoms with Crippen molar-refractivity contribution in [3.8, 4) is 5.75 Å². The van der Waals surface area contributed by atoms with E-state index in [1.807, 2.05) is 0 Å². The summed E-state index contributed by atoms with van der Waals surface area (Å²) < 4.78 is 35.1. The Bertz CT molecular complexity index is 421. The van der Waals surface area contributed by atoms with E-state index in [1.54, 1.807) is 6.92 Å². The Morgan fingerprint density at radius 3 is 2.59 bits per heavy atom. The lowest BCUT2D eigenvalue weighted by Crippen LogP contribution is -2.11. The molecule has 0 amide bonds. The number of hydrogen-bond acceptors (Lipinski definition) is 4. The van der Waals surface area contributed by atoms with E-state index in [0.717, 1.165) is 0 Å². The highest BCUT2D eigenvalue weighted by Gasteiger charge is 2.22. The van der Waals surface area contributed by atoms with Gasteiger partial charge in [0, 0.05) is 11.8 Å². The summed E-state index contributed by atoms with van der Waals surface area (Å²) in [5.41, 5.74) is 0.136. The van der Waals surface area contributed by atoms with E-state index in [9.17, 15) is 13.6 Å². The summed E-state index contributed by atoms with van der Waals surface area (Å²) in [6.07, 6.45) is -3.05. The van der Waals surface area contributed by atoms with Gasteiger partial charge in [-0.15, -0.1) is 0 Å². The predicted molar refractivity (Wildman–Crippen MR) is 56.2 cm³/mol. The summed E-state index contributed by atoms with van der Waals surface area (Å²) in [5, 5.41) is 0. The van der Waals surface area contributed by atoms with Crippen LogP contribution in [-0.2, 0) is 16.0 Å². The minimum Gasteiger partial charge on any atom is -0.496 e. The van der Waals surface area contributed by atoms with Crippen molar-refractivity contribution in [2.45, 2.75) is 19.8 Å². The van der Waals surface area contributed by atoms with Gasteiger partial charge in [0.25, 0.3) is 6.43 Å². The molecule has 0 aliphatic heterocycles. The maximum Gasteiger partial charge on any atom is 0.311 e. The fourth-order valence-corrected chi connectivity index (χ4v) is 1.46. The summed E-state index contributed by atoms with van der Waals surface area (Å²) in [7, 11) is 2.49. The van der Waals surface area contributed by atoms with Crippen LogP contribution in [0.4, 0.5) is 8.78 Å². The Morgan fingerprint density at radius 2 is 2.12 bits per heavy atom. The summed E-state index contributed by atoms with van der Waals surface area (Å²) in [5.74, 6) is -0.585. The molecule has 6 heteroatoms. The van der Waals surface area contributed by atoms with Gasteiger partial charge in [-0.25, -0.2) is 8.78 Å². The zero-order valence-corrected chi connectivity index (χ0v) is 9.79. The van der Waals surface area contributed by atoms with Crippen LogP contribution >= 0.6 is 0 Å². The third-order valence-electron chi connectivity index (χ3n) is 2.21. The van der Waals surface area contributed by atoms with Crippen molar-refractivity contribution in [1.29, 1.82) is 0 Å². The monoisotopic (exact) mass is 245 g/mol. The lowest BCUT2D eigenvalue weighted by molar-refractivity contribution is -0.139. The van der Waals surface area contributed by atoms with Gasteiger partial charge in [-0.05, 0) is 6.92 Å². The van der Waals surface area contributed by atoms with Crippen LogP contribution in [0.3, 0.4) is 0 Å². The first-order chi connectivity index (χ1) is 7.99. The van der Waals surface area contributed by atoms with Crippen molar-refractivity contribution >= 4 is 5.97 Å². The van der Waals surface area contributed by atoms with Crippen molar-refractivity contribution in [1.82, 2.24) is 4.98 Å². The molecule has 0 radical (unpaired) electrons. The van der Waals surface area contributed by atoms with Gasteiger partial charge in [0.2, 0.25) is 0 Å². The summed E-state index contributed by atoms with van der Waals surface area (Å²) >= 11 is 0. The van der Waals surface area contributed by atoms with Crippen LogP contribution in [0.1, 0.15) is 23.4 Å². The summed E-state index contributed by atoms with van der Waals surface area (Å²) in [6, 6.07) is 1.41. The van der Waals surface area contributed by atoms with E-state index >= 15 is 0 Å². The maximum absolute atomic E-state index is 12.9. The van der Waals surface area contributed by atoms with Crippen LogP contribution in [0.15, 0.2) is 6.07 Å². The SMILES string of the molecule is COC(=O)Cc1nc(C)cc(OC)c1C(F)F. The molecule has 0 spiro atoms. The standard InChI is InChI=1S/C11H13F2NO3/c1-6-4-8(16-2)10(11(12)13)7(14-6)5-9(15)17-3/h4,11H,5H2,1-3H3. The molecule has 0 N–H and O–H groups in total.